The molecule has 2 aromatic carbocycles. The smallest absolute Gasteiger partial charge is 0.295 e. The topological polar surface area (TPSA) is 91.8 Å². The number of sulfone groups is 1. The molecule has 30 heavy (non-hydrogen) atoms. The summed E-state index contributed by atoms with van der Waals surface area (Å²) < 4.78 is 38.7. The van der Waals surface area contributed by atoms with Crippen molar-refractivity contribution in [3.8, 4) is 0 Å². The molecule has 2 fully saturated rings. The molecule has 2 atom stereocenters. The lowest BCUT2D eigenvalue weighted by atomic mass is 9.94. The second-order valence-electron chi connectivity index (χ2n) is 7.65. The summed E-state index contributed by atoms with van der Waals surface area (Å²) in [6.45, 7) is 1.86. The zero-order chi connectivity index (χ0) is 21.6. The Morgan fingerprint density at radius 3 is 2.37 bits per heavy atom. The second kappa shape index (κ2) is 7.36. The van der Waals surface area contributed by atoms with Crippen LogP contribution in [0, 0.1) is 12.7 Å². The van der Waals surface area contributed by atoms with Gasteiger partial charge < -0.3 is 10.0 Å². The van der Waals surface area contributed by atoms with Crippen LogP contribution in [-0.4, -0.2) is 47.7 Å². The van der Waals surface area contributed by atoms with E-state index in [1.54, 1.807) is 30.3 Å². The molecule has 2 heterocycles. The number of benzene rings is 2. The molecule has 0 saturated carbocycles. The number of likely N-dealkylation sites (tertiary alicyclic amines) is 1. The molecule has 0 bridgehead atoms. The van der Waals surface area contributed by atoms with Crippen molar-refractivity contribution in [3.05, 3.63) is 76.6 Å². The summed E-state index contributed by atoms with van der Waals surface area (Å²) in [5.74, 6) is -3.35. The Kier molecular flexibility index (Phi) is 4.97. The van der Waals surface area contributed by atoms with E-state index in [0.29, 0.717) is 5.56 Å². The molecule has 1 amide bonds. The Labute approximate surface area is 173 Å². The van der Waals surface area contributed by atoms with Crippen LogP contribution in [0.5, 0.6) is 0 Å². The van der Waals surface area contributed by atoms with Crippen LogP contribution in [0.1, 0.15) is 29.2 Å². The van der Waals surface area contributed by atoms with E-state index in [4.69, 9.17) is 0 Å². The fraction of sp³-hybridized carbons (Fsp3) is 0.273. The summed E-state index contributed by atoms with van der Waals surface area (Å²) in [4.78, 5) is 27.0. The van der Waals surface area contributed by atoms with E-state index in [0.717, 1.165) is 10.5 Å². The highest BCUT2D eigenvalue weighted by Crippen LogP contribution is 2.43. The number of aryl methyl sites for hydroxylation is 1. The third-order valence-corrected chi connectivity index (χ3v) is 7.36. The lowest BCUT2D eigenvalue weighted by Gasteiger charge is -2.30. The van der Waals surface area contributed by atoms with Crippen molar-refractivity contribution >= 4 is 27.3 Å². The molecule has 8 heteroatoms. The van der Waals surface area contributed by atoms with Crippen LogP contribution < -0.4 is 0 Å². The van der Waals surface area contributed by atoms with E-state index in [1.165, 1.54) is 18.2 Å². The van der Waals surface area contributed by atoms with Crippen LogP contribution in [0.25, 0.3) is 5.76 Å². The quantitative estimate of drug-likeness (QED) is 0.460. The predicted octanol–water partition coefficient (Wildman–Crippen LogP) is 2.74. The molecular formula is C22H20FNO5S. The average Bonchev–Trinajstić information content (AvgIpc) is 3.19. The number of carbonyl (C=O) groups is 2. The Balaban J connectivity index is 1.91. The van der Waals surface area contributed by atoms with Crippen LogP contribution >= 0.6 is 0 Å². The van der Waals surface area contributed by atoms with E-state index in [9.17, 15) is 27.5 Å². The molecule has 0 radical (unpaired) electrons. The molecule has 0 spiro atoms. The van der Waals surface area contributed by atoms with Crippen LogP contribution in [0.3, 0.4) is 0 Å². The lowest BCUT2D eigenvalue weighted by Crippen LogP contribution is -2.40. The first-order valence-electron chi connectivity index (χ1n) is 9.51. The summed E-state index contributed by atoms with van der Waals surface area (Å²) in [6, 6.07) is 10.4. The third-order valence-electron chi connectivity index (χ3n) is 5.61. The monoisotopic (exact) mass is 429 g/mol. The molecular weight excluding hydrogens is 409 g/mol. The van der Waals surface area contributed by atoms with Gasteiger partial charge >= 0.3 is 0 Å². The zero-order valence-electron chi connectivity index (χ0n) is 16.2. The minimum Gasteiger partial charge on any atom is -0.507 e. The number of Topliss-reactive ketones (excluding diaryl/α,β-unsaturated/α-hetero) is 1. The maximum Gasteiger partial charge on any atom is 0.295 e. The van der Waals surface area contributed by atoms with Gasteiger partial charge in [-0.15, -0.1) is 0 Å². The van der Waals surface area contributed by atoms with Crippen LogP contribution in [0.2, 0.25) is 0 Å². The molecule has 0 unspecified atom stereocenters. The summed E-state index contributed by atoms with van der Waals surface area (Å²) in [6.07, 6.45) is 0.158. The molecule has 2 saturated heterocycles. The number of hydrogen-bond donors (Lipinski definition) is 1. The molecule has 2 aromatic rings. The summed E-state index contributed by atoms with van der Waals surface area (Å²) in [5.41, 5.74) is 1.06. The highest BCUT2D eigenvalue weighted by molar-refractivity contribution is 7.91. The number of nitrogens with zero attached hydrogens (tertiary/aromatic N) is 1. The van der Waals surface area contributed by atoms with E-state index < -0.39 is 45.2 Å². The van der Waals surface area contributed by atoms with Gasteiger partial charge in [0.05, 0.1) is 23.1 Å². The van der Waals surface area contributed by atoms with Crippen molar-refractivity contribution in [2.45, 2.75) is 25.4 Å². The van der Waals surface area contributed by atoms with Crippen molar-refractivity contribution in [2.75, 3.05) is 11.5 Å². The Morgan fingerprint density at radius 2 is 1.77 bits per heavy atom. The highest BCUT2D eigenvalue weighted by Gasteiger charge is 2.51. The van der Waals surface area contributed by atoms with Gasteiger partial charge in [-0.1, -0.05) is 48.0 Å². The largest absolute Gasteiger partial charge is 0.507 e. The molecule has 4 rings (SSSR count). The van der Waals surface area contributed by atoms with Gasteiger partial charge in [-0.3, -0.25) is 9.59 Å². The third kappa shape index (κ3) is 3.41. The van der Waals surface area contributed by atoms with Crippen molar-refractivity contribution in [1.29, 1.82) is 0 Å². The first-order valence-corrected chi connectivity index (χ1v) is 11.3. The minimum atomic E-state index is -3.36. The number of rotatable bonds is 3. The number of ketones is 1. The Bertz CT molecular complexity index is 1170. The molecule has 2 aliphatic rings. The van der Waals surface area contributed by atoms with Gasteiger partial charge in [0.15, 0.2) is 9.84 Å². The van der Waals surface area contributed by atoms with Crippen LogP contribution in [-0.2, 0) is 19.4 Å². The number of hydrogen-bond acceptors (Lipinski definition) is 5. The fourth-order valence-corrected chi connectivity index (χ4v) is 5.80. The lowest BCUT2D eigenvalue weighted by molar-refractivity contribution is -0.141. The first kappa shape index (κ1) is 20.3. The first-order chi connectivity index (χ1) is 14.2. The standard InChI is InChI=1S/C22H20FNO5S/c1-13-6-8-14(9-7-13)20(25)18-19(16-4-2-3-5-17(16)23)24(22(27)21(18)26)15-10-11-30(28,29)12-15/h2-9,15,19,25H,10-12H2,1H3/t15-,19+/m1/s1. The molecule has 0 aliphatic carbocycles. The van der Waals surface area contributed by atoms with E-state index in [2.05, 4.69) is 0 Å². The van der Waals surface area contributed by atoms with Crippen molar-refractivity contribution in [2.24, 2.45) is 0 Å². The number of aliphatic hydroxyl groups excluding tert-OH is 1. The van der Waals surface area contributed by atoms with Gasteiger partial charge in [0.1, 0.15) is 11.6 Å². The van der Waals surface area contributed by atoms with E-state index in [1.807, 2.05) is 6.92 Å². The van der Waals surface area contributed by atoms with Gasteiger partial charge in [0.2, 0.25) is 0 Å². The Hall–Kier alpha value is -3.00. The SMILES string of the molecule is Cc1ccc(C(O)=C2C(=O)C(=O)N([C@@H]3CCS(=O)(=O)C3)[C@H]2c2ccccc2F)cc1. The normalized spacial score (nSPS) is 25.1. The maximum atomic E-state index is 14.7. The van der Waals surface area contributed by atoms with Gasteiger partial charge in [-0.2, -0.15) is 0 Å². The van der Waals surface area contributed by atoms with Gasteiger partial charge in [0.25, 0.3) is 11.7 Å². The predicted molar refractivity (Wildman–Crippen MR) is 109 cm³/mol. The van der Waals surface area contributed by atoms with Crippen molar-refractivity contribution in [3.63, 3.8) is 0 Å². The highest BCUT2D eigenvalue weighted by atomic mass is 32.2. The maximum absolute atomic E-state index is 14.7. The molecule has 1 N–H and O–H groups in total. The van der Waals surface area contributed by atoms with E-state index >= 15 is 0 Å². The van der Waals surface area contributed by atoms with Crippen molar-refractivity contribution in [1.82, 2.24) is 4.90 Å². The van der Waals surface area contributed by atoms with Crippen LogP contribution in [0.4, 0.5) is 4.39 Å². The Morgan fingerprint density at radius 1 is 1.10 bits per heavy atom. The summed E-state index contributed by atoms with van der Waals surface area (Å²) >= 11 is 0. The molecule has 2 aliphatic heterocycles. The van der Waals surface area contributed by atoms with Gasteiger partial charge in [-0.05, 0) is 19.4 Å². The minimum absolute atomic E-state index is 0.0367. The van der Waals surface area contributed by atoms with Gasteiger partial charge in [0, 0.05) is 17.2 Å². The molecule has 156 valence electrons. The number of aliphatic hydroxyl groups is 1. The van der Waals surface area contributed by atoms with Crippen LogP contribution in [0.15, 0.2) is 54.1 Å². The number of amides is 1. The fourth-order valence-electron chi connectivity index (χ4n) is 4.09. The zero-order valence-corrected chi connectivity index (χ0v) is 17.0. The second-order valence-corrected chi connectivity index (χ2v) is 9.88. The average molecular weight is 429 g/mol. The van der Waals surface area contributed by atoms with Gasteiger partial charge in [-0.25, -0.2) is 12.8 Å². The number of carbonyl (C=O) groups excluding carboxylic acids is 2. The van der Waals surface area contributed by atoms with Crippen molar-refractivity contribution < 1.29 is 27.5 Å². The molecule has 6 nitrogen and oxygen atoms in total. The molecule has 0 aromatic heterocycles. The summed E-state index contributed by atoms with van der Waals surface area (Å²) in [5, 5.41) is 10.9. The van der Waals surface area contributed by atoms with E-state index in [-0.39, 0.29) is 29.1 Å². The summed E-state index contributed by atoms with van der Waals surface area (Å²) in [7, 11) is -3.36. The number of halogens is 1.